The molecule has 3 aromatic rings. The smallest absolute Gasteiger partial charge is 0.233 e. The molecule has 5 heteroatoms. The van der Waals surface area contributed by atoms with Gasteiger partial charge in [0.1, 0.15) is 11.2 Å². The van der Waals surface area contributed by atoms with Crippen LogP contribution in [0.2, 0.25) is 0 Å². The van der Waals surface area contributed by atoms with Gasteiger partial charge in [-0.3, -0.25) is 9.59 Å². The molecule has 2 unspecified atom stereocenters. The van der Waals surface area contributed by atoms with Crippen LogP contribution < -0.4 is 5.73 Å². The van der Waals surface area contributed by atoms with E-state index in [1.807, 2.05) is 60.7 Å². The number of carbonyl (C=O) groups is 2. The van der Waals surface area contributed by atoms with Crippen molar-refractivity contribution in [3.05, 3.63) is 107 Å². The molecule has 1 aliphatic rings. The van der Waals surface area contributed by atoms with E-state index < -0.39 is 5.41 Å². The molecule has 0 radical (unpaired) electrons. The maximum absolute atomic E-state index is 13.2. The second kappa shape index (κ2) is 9.90. The minimum Gasteiger partial charge on any atom is -0.369 e. The Morgan fingerprint density at radius 1 is 0.941 bits per heavy atom. The van der Waals surface area contributed by atoms with E-state index in [-0.39, 0.29) is 23.4 Å². The summed E-state index contributed by atoms with van der Waals surface area (Å²) < 4.78 is 13.9. The maximum atomic E-state index is 13.2. The number of nitrogens with zero attached hydrogens (tertiary/aromatic N) is 1. The zero-order chi connectivity index (χ0) is 24.2. The molecule has 176 valence electrons. The summed E-state index contributed by atoms with van der Waals surface area (Å²) in [6.07, 6.45) is 2.03. The summed E-state index contributed by atoms with van der Waals surface area (Å²) in [4.78, 5) is 25.8. The lowest BCUT2D eigenvalue weighted by Crippen LogP contribution is -2.51. The van der Waals surface area contributed by atoms with Gasteiger partial charge in [-0.25, -0.2) is 4.39 Å². The molecule has 1 heterocycles. The summed E-state index contributed by atoms with van der Waals surface area (Å²) in [6.45, 7) is 2.56. The molecule has 1 amide bonds. The summed E-state index contributed by atoms with van der Waals surface area (Å²) in [5, 5.41) is 0. The SMILES string of the molecule is C[N+]1(CCCC(=O)c2ccc(F)cc2)CCC(C(C(N)=O)(c2ccccc2)c2ccccc2)C1. The van der Waals surface area contributed by atoms with Crippen LogP contribution in [0.25, 0.3) is 0 Å². The van der Waals surface area contributed by atoms with Gasteiger partial charge in [0.05, 0.1) is 26.7 Å². The number of hydrogen-bond donors (Lipinski definition) is 1. The number of primary amides is 1. The lowest BCUT2D eigenvalue weighted by Gasteiger charge is -2.38. The van der Waals surface area contributed by atoms with Gasteiger partial charge < -0.3 is 10.2 Å². The topological polar surface area (TPSA) is 60.2 Å². The number of halogens is 1. The van der Waals surface area contributed by atoms with Crippen LogP contribution in [0.5, 0.6) is 0 Å². The Kier molecular flexibility index (Phi) is 6.94. The summed E-state index contributed by atoms with van der Waals surface area (Å²) in [6, 6.07) is 25.5. The van der Waals surface area contributed by atoms with Crippen LogP contribution in [0.15, 0.2) is 84.9 Å². The van der Waals surface area contributed by atoms with Crippen LogP contribution in [0.3, 0.4) is 0 Å². The van der Waals surface area contributed by atoms with Crippen molar-refractivity contribution in [2.75, 3.05) is 26.7 Å². The van der Waals surface area contributed by atoms with Crippen molar-refractivity contribution in [1.82, 2.24) is 0 Å². The van der Waals surface area contributed by atoms with E-state index in [1.165, 1.54) is 12.1 Å². The van der Waals surface area contributed by atoms with Gasteiger partial charge in [0, 0.05) is 30.7 Å². The summed E-state index contributed by atoms with van der Waals surface area (Å²) >= 11 is 0. The average Bonchev–Trinajstić information content (AvgIpc) is 3.23. The highest BCUT2D eigenvalue weighted by Crippen LogP contribution is 2.45. The first kappa shape index (κ1) is 23.8. The number of rotatable bonds is 9. The highest BCUT2D eigenvalue weighted by atomic mass is 19.1. The molecule has 0 aromatic heterocycles. The standard InChI is InChI=1S/C29H31FN2O2/c1-32(19-8-13-27(33)22-14-16-26(30)17-15-22)20-18-25(21-32)29(28(31)34,23-9-4-2-5-10-23)24-11-6-3-7-12-24/h2-7,9-12,14-17,25H,8,13,18-21H2,1H3,(H-,31,34)/p+1. The molecule has 1 fully saturated rings. The Balaban J connectivity index is 1.53. The van der Waals surface area contributed by atoms with Crippen molar-refractivity contribution < 1.29 is 18.5 Å². The molecule has 4 nitrogen and oxygen atoms in total. The van der Waals surface area contributed by atoms with Crippen LogP contribution >= 0.6 is 0 Å². The lowest BCUT2D eigenvalue weighted by molar-refractivity contribution is -0.899. The number of benzene rings is 3. The van der Waals surface area contributed by atoms with E-state index in [4.69, 9.17) is 5.73 Å². The Labute approximate surface area is 200 Å². The third-order valence-corrected chi connectivity index (χ3v) is 7.41. The number of nitrogens with two attached hydrogens (primary N) is 1. The van der Waals surface area contributed by atoms with Crippen LogP contribution in [0.1, 0.15) is 40.7 Å². The Bertz CT molecular complexity index is 1090. The van der Waals surface area contributed by atoms with Gasteiger partial charge in [-0.1, -0.05) is 60.7 Å². The van der Waals surface area contributed by atoms with E-state index in [2.05, 4.69) is 7.05 Å². The number of ketones is 1. The van der Waals surface area contributed by atoms with E-state index >= 15 is 0 Å². The number of quaternary nitrogens is 1. The first-order chi connectivity index (χ1) is 16.3. The average molecular weight is 460 g/mol. The van der Waals surface area contributed by atoms with Crippen LogP contribution in [-0.2, 0) is 10.2 Å². The van der Waals surface area contributed by atoms with Gasteiger partial charge in [-0.15, -0.1) is 0 Å². The number of Topliss-reactive ketones (excluding diaryl/α,β-unsaturated/α-hetero) is 1. The zero-order valence-corrected chi connectivity index (χ0v) is 19.6. The minimum absolute atomic E-state index is 0.0300. The van der Waals surface area contributed by atoms with Gasteiger partial charge in [0.15, 0.2) is 5.78 Å². The Morgan fingerprint density at radius 3 is 2.03 bits per heavy atom. The van der Waals surface area contributed by atoms with Gasteiger partial charge >= 0.3 is 0 Å². The van der Waals surface area contributed by atoms with Crippen LogP contribution in [0.4, 0.5) is 4.39 Å². The third kappa shape index (κ3) is 4.66. The highest BCUT2D eigenvalue weighted by molar-refractivity contribution is 5.96. The van der Waals surface area contributed by atoms with Gasteiger partial charge in [-0.2, -0.15) is 0 Å². The predicted octanol–water partition coefficient (Wildman–Crippen LogP) is 4.73. The summed E-state index contributed by atoms with van der Waals surface area (Å²) in [7, 11) is 2.20. The summed E-state index contributed by atoms with van der Waals surface area (Å²) in [5.41, 5.74) is 7.71. The molecule has 1 aliphatic heterocycles. The fourth-order valence-corrected chi connectivity index (χ4v) is 5.67. The molecule has 0 spiro atoms. The second-order valence-corrected chi connectivity index (χ2v) is 9.67. The molecule has 0 aliphatic carbocycles. The van der Waals surface area contributed by atoms with Crippen molar-refractivity contribution in [3.8, 4) is 0 Å². The second-order valence-electron chi connectivity index (χ2n) is 9.67. The van der Waals surface area contributed by atoms with E-state index in [9.17, 15) is 14.0 Å². The number of carbonyl (C=O) groups excluding carboxylic acids is 2. The largest absolute Gasteiger partial charge is 0.369 e. The maximum Gasteiger partial charge on any atom is 0.233 e. The monoisotopic (exact) mass is 459 g/mol. The fraction of sp³-hybridized carbons (Fsp3) is 0.310. The molecule has 3 aromatic carbocycles. The van der Waals surface area contributed by atoms with Crippen molar-refractivity contribution in [3.63, 3.8) is 0 Å². The van der Waals surface area contributed by atoms with Crippen LogP contribution in [0, 0.1) is 11.7 Å². The molecule has 0 bridgehead atoms. The lowest BCUT2D eigenvalue weighted by atomic mass is 9.64. The molecule has 2 N–H and O–H groups in total. The molecule has 0 saturated carbocycles. The highest BCUT2D eigenvalue weighted by Gasteiger charge is 2.53. The number of likely N-dealkylation sites (tertiary alicyclic amines) is 1. The van der Waals surface area contributed by atoms with Gasteiger partial charge in [0.2, 0.25) is 5.91 Å². The minimum atomic E-state index is -0.900. The van der Waals surface area contributed by atoms with Crippen molar-refractivity contribution in [2.24, 2.45) is 11.7 Å². The quantitative estimate of drug-likeness (QED) is 0.372. The van der Waals surface area contributed by atoms with Crippen molar-refractivity contribution >= 4 is 11.7 Å². The molecule has 2 atom stereocenters. The Hall–Kier alpha value is -3.31. The first-order valence-corrected chi connectivity index (χ1v) is 11.9. The normalized spacial score (nSPS) is 20.2. The molecule has 34 heavy (non-hydrogen) atoms. The van der Waals surface area contributed by atoms with Gasteiger partial charge in [-0.05, 0) is 35.4 Å². The van der Waals surface area contributed by atoms with Crippen molar-refractivity contribution in [1.29, 1.82) is 0 Å². The molecule has 4 rings (SSSR count). The first-order valence-electron chi connectivity index (χ1n) is 11.9. The van der Waals surface area contributed by atoms with Gasteiger partial charge in [0.25, 0.3) is 0 Å². The van der Waals surface area contributed by atoms with E-state index in [0.29, 0.717) is 12.0 Å². The third-order valence-electron chi connectivity index (χ3n) is 7.41. The number of hydrogen-bond acceptors (Lipinski definition) is 2. The zero-order valence-electron chi connectivity index (χ0n) is 19.6. The molecular formula is C29H32FN2O2+. The Morgan fingerprint density at radius 2 is 1.50 bits per heavy atom. The van der Waals surface area contributed by atoms with E-state index in [1.54, 1.807) is 12.1 Å². The fourth-order valence-electron chi connectivity index (χ4n) is 5.67. The molecular weight excluding hydrogens is 427 g/mol. The van der Waals surface area contributed by atoms with Crippen LogP contribution in [-0.4, -0.2) is 42.9 Å². The van der Waals surface area contributed by atoms with Crippen molar-refractivity contribution in [2.45, 2.75) is 24.7 Å². The number of amides is 1. The predicted molar refractivity (Wildman–Crippen MR) is 132 cm³/mol. The molecule has 1 saturated heterocycles. The van der Waals surface area contributed by atoms with E-state index in [0.717, 1.165) is 48.1 Å². The summed E-state index contributed by atoms with van der Waals surface area (Å²) in [5.74, 6) is -0.586.